The number of methoxy groups -OCH3 is 1. The standard InChI is InChI=1S/C26H50N4O/c1-3-15-30(19-21-4-5-21)16-14-20-6-10-24(11-7-20)29-26-27-17-23(18-28-26)22-8-12-25(31-2)13-9-22/h20-29H,3-19H2,1-2H3. The third-order valence-electron chi connectivity index (χ3n) is 8.74. The highest BCUT2D eigenvalue weighted by molar-refractivity contribution is 4.87. The third-order valence-corrected chi connectivity index (χ3v) is 8.74. The van der Waals surface area contributed by atoms with Crippen LogP contribution in [0.15, 0.2) is 0 Å². The number of rotatable bonds is 11. The molecule has 1 saturated heterocycles. The number of nitrogens with one attached hydrogen (secondary N) is 3. The second kappa shape index (κ2) is 12.3. The van der Waals surface area contributed by atoms with Crippen molar-refractivity contribution in [1.82, 2.24) is 20.9 Å². The van der Waals surface area contributed by atoms with Crippen LogP contribution in [0.3, 0.4) is 0 Å². The van der Waals surface area contributed by atoms with Crippen LogP contribution >= 0.6 is 0 Å². The van der Waals surface area contributed by atoms with Crippen molar-refractivity contribution in [3.8, 4) is 0 Å². The van der Waals surface area contributed by atoms with Crippen LogP contribution in [-0.4, -0.2) is 63.2 Å². The Morgan fingerprint density at radius 2 is 1.48 bits per heavy atom. The highest BCUT2D eigenvalue weighted by Crippen LogP contribution is 2.33. The molecule has 0 aromatic rings. The van der Waals surface area contributed by atoms with Crippen LogP contribution in [0.5, 0.6) is 0 Å². The predicted octanol–water partition coefficient (Wildman–Crippen LogP) is 3.94. The maximum Gasteiger partial charge on any atom is 0.112 e. The van der Waals surface area contributed by atoms with E-state index in [-0.39, 0.29) is 0 Å². The first kappa shape index (κ1) is 23.9. The number of ether oxygens (including phenoxy) is 1. The van der Waals surface area contributed by atoms with Gasteiger partial charge in [-0.05, 0) is 114 Å². The van der Waals surface area contributed by atoms with E-state index in [2.05, 4.69) is 27.8 Å². The predicted molar refractivity (Wildman–Crippen MR) is 129 cm³/mol. The lowest BCUT2D eigenvalue weighted by Gasteiger charge is -2.40. The summed E-state index contributed by atoms with van der Waals surface area (Å²) in [6, 6.07) is 0.688. The van der Waals surface area contributed by atoms with Gasteiger partial charge in [-0.1, -0.05) is 6.92 Å². The van der Waals surface area contributed by atoms with Crippen LogP contribution in [0, 0.1) is 23.7 Å². The molecule has 0 spiro atoms. The van der Waals surface area contributed by atoms with E-state index in [9.17, 15) is 0 Å². The smallest absolute Gasteiger partial charge is 0.112 e. The minimum Gasteiger partial charge on any atom is -0.381 e. The average Bonchev–Trinajstić information content (AvgIpc) is 3.63. The van der Waals surface area contributed by atoms with Crippen molar-refractivity contribution < 1.29 is 4.74 Å². The molecule has 0 atom stereocenters. The summed E-state index contributed by atoms with van der Waals surface area (Å²) in [5.41, 5.74) is 0. The molecule has 5 nitrogen and oxygen atoms in total. The summed E-state index contributed by atoms with van der Waals surface area (Å²) >= 11 is 0. The van der Waals surface area contributed by atoms with Gasteiger partial charge in [0.25, 0.3) is 0 Å². The molecule has 1 heterocycles. The maximum absolute atomic E-state index is 5.55. The van der Waals surface area contributed by atoms with E-state index >= 15 is 0 Å². The van der Waals surface area contributed by atoms with Crippen LogP contribution in [-0.2, 0) is 4.74 Å². The Hall–Kier alpha value is -0.200. The first-order valence-corrected chi connectivity index (χ1v) is 13.7. The fourth-order valence-electron chi connectivity index (χ4n) is 6.42. The Morgan fingerprint density at radius 3 is 2.10 bits per heavy atom. The van der Waals surface area contributed by atoms with E-state index < -0.39 is 0 Å². The molecule has 4 rings (SSSR count). The van der Waals surface area contributed by atoms with Gasteiger partial charge in [0.1, 0.15) is 6.29 Å². The van der Waals surface area contributed by atoms with Gasteiger partial charge in [0.15, 0.2) is 0 Å². The van der Waals surface area contributed by atoms with Crippen molar-refractivity contribution >= 4 is 0 Å². The van der Waals surface area contributed by atoms with E-state index in [4.69, 9.17) is 4.74 Å². The van der Waals surface area contributed by atoms with E-state index in [1.807, 2.05) is 7.11 Å². The Labute approximate surface area is 191 Å². The van der Waals surface area contributed by atoms with Gasteiger partial charge in [-0.15, -0.1) is 0 Å². The first-order valence-electron chi connectivity index (χ1n) is 13.7. The van der Waals surface area contributed by atoms with Crippen molar-refractivity contribution in [2.24, 2.45) is 23.7 Å². The van der Waals surface area contributed by atoms with Crippen LogP contribution in [0.25, 0.3) is 0 Å². The molecule has 0 aromatic heterocycles. The fraction of sp³-hybridized carbons (Fsp3) is 1.00. The summed E-state index contributed by atoms with van der Waals surface area (Å²) in [6.45, 7) is 8.68. The molecule has 5 heteroatoms. The Morgan fingerprint density at radius 1 is 0.806 bits per heavy atom. The summed E-state index contributed by atoms with van der Waals surface area (Å²) in [5, 5.41) is 11.4. The Kier molecular flexibility index (Phi) is 9.51. The summed E-state index contributed by atoms with van der Waals surface area (Å²) < 4.78 is 5.55. The highest BCUT2D eigenvalue weighted by Gasteiger charge is 2.32. The molecule has 0 bridgehead atoms. The van der Waals surface area contributed by atoms with Gasteiger partial charge in [0, 0.05) is 32.8 Å². The molecule has 3 N–H and O–H groups in total. The topological polar surface area (TPSA) is 48.6 Å². The Bertz CT molecular complexity index is 490. The van der Waals surface area contributed by atoms with Crippen LogP contribution < -0.4 is 16.0 Å². The summed E-state index contributed by atoms with van der Waals surface area (Å²) in [7, 11) is 1.87. The fourth-order valence-corrected chi connectivity index (χ4v) is 6.42. The summed E-state index contributed by atoms with van der Waals surface area (Å²) in [6.07, 6.45) is 17.2. The zero-order valence-electron chi connectivity index (χ0n) is 20.4. The van der Waals surface area contributed by atoms with Crippen molar-refractivity contribution in [3.05, 3.63) is 0 Å². The van der Waals surface area contributed by atoms with Gasteiger partial charge in [-0.3, -0.25) is 16.0 Å². The van der Waals surface area contributed by atoms with E-state index in [1.54, 1.807) is 0 Å². The zero-order valence-corrected chi connectivity index (χ0v) is 20.4. The maximum atomic E-state index is 5.55. The summed E-state index contributed by atoms with van der Waals surface area (Å²) in [4.78, 5) is 2.76. The molecule has 180 valence electrons. The quantitative estimate of drug-likeness (QED) is 0.460. The van der Waals surface area contributed by atoms with Crippen LogP contribution in [0.2, 0.25) is 0 Å². The number of hydrogen-bond donors (Lipinski definition) is 3. The molecule has 4 fully saturated rings. The monoisotopic (exact) mass is 434 g/mol. The van der Waals surface area contributed by atoms with Gasteiger partial charge in [-0.2, -0.15) is 0 Å². The van der Waals surface area contributed by atoms with Crippen molar-refractivity contribution in [2.75, 3.05) is 39.8 Å². The molecule has 0 unspecified atom stereocenters. The van der Waals surface area contributed by atoms with Gasteiger partial charge in [-0.25, -0.2) is 0 Å². The molecule has 0 aromatic carbocycles. The normalized spacial score (nSPS) is 37.3. The van der Waals surface area contributed by atoms with Gasteiger partial charge in [0.2, 0.25) is 0 Å². The van der Waals surface area contributed by atoms with Crippen molar-refractivity contribution in [1.29, 1.82) is 0 Å². The van der Waals surface area contributed by atoms with Crippen molar-refractivity contribution in [2.45, 2.75) is 102 Å². The van der Waals surface area contributed by atoms with Gasteiger partial charge >= 0.3 is 0 Å². The largest absolute Gasteiger partial charge is 0.381 e. The van der Waals surface area contributed by atoms with E-state index in [1.165, 1.54) is 96.7 Å². The van der Waals surface area contributed by atoms with Gasteiger partial charge < -0.3 is 9.64 Å². The minimum absolute atomic E-state index is 0.312. The second-order valence-corrected chi connectivity index (χ2v) is 11.2. The summed E-state index contributed by atoms with van der Waals surface area (Å²) in [5.74, 6) is 3.64. The Balaban J connectivity index is 1.08. The lowest BCUT2D eigenvalue weighted by molar-refractivity contribution is 0.0414. The molecular formula is C26H50N4O. The van der Waals surface area contributed by atoms with E-state index in [0.717, 1.165) is 36.8 Å². The number of nitrogens with zero attached hydrogens (tertiary/aromatic N) is 1. The lowest BCUT2D eigenvalue weighted by Crippen LogP contribution is -2.63. The molecule has 4 aliphatic rings. The molecule has 3 aliphatic carbocycles. The molecule has 3 saturated carbocycles. The minimum atomic E-state index is 0.312. The number of hydrogen-bond acceptors (Lipinski definition) is 5. The lowest BCUT2D eigenvalue weighted by atomic mass is 9.78. The molecular weight excluding hydrogens is 384 g/mol. The van der Waals surface area contributed by atoms with E-state index in [0.29, 0.717) is 18.4 Å². The van der Waals surface area contributed by atoms with Crippen LogP contribution in [0.1, 0.15) is 84.0 Å². The van der Waals surface area contributed by atoms with Gasteiger partial charge in [0.05, 0.1) is 6.10 Å². The highest BCUT2D eigenvalue weighted by atomic mass is 16.5. The van der Waals surface area contributed by atoms with Crippen LogP contribution in [0.4, 0.5) is 0 Å². The molecule has 31 heavy (non-hydrogen) atoms. The third kappa shape index (κ3) is 7.67. The second-order valence-electron chi connectivity index (χ2n) is 11.2. The molecule has 1 aliphatic heterocycles. The first-order chi connectivity index (χ1) is 15.2. The van der Waals surface area contributed by atoms with Crippen molar-refractivity contribution in [3.63, 3.8) is 0 Å². The average molecular weight is 435 g/mol. The molecule has 0 amide bonds. The zero-order chi connectivity index (χ0) is 21.5. The SMILES string of the molecule is CCCN(CCC1CCC(NC2NCC(C3CCC(OC)CC3)CN2)CC1)CC1CC1. The molecule has 0 radical (unpaired) electrons.